The Hall–Kier alpha value is -2.09. The Morgan fingerprint density at radius 1 is 1.22 bits per heavy atom. The molecule has 13 heteroatoms. The summed E-state index contributed by atoms with van der Waals surface area (Å²) in [6, 6.07) is -0.203. The molecule has 5 rings (SSSR count). The van der Waals surface area contributed by atoms with E-state index in [9.17, 15) is 26.4 Å². The van der Waals surface area contributed by atoms with Gasteiger partial charge in [0.25, 0.3) is 10.0 Å². The zero-order valence-corrected chi connectivity index (χ0v) is 23.0. The van der Waals surface area contributed by atoms with Gasteiger partial charge < -0.3 is 10.2 Å². The zero-order chi connectivity index (χ0) is 26.2. The highest BCUT2D eigenvalue weighted by molar-refractivity contribution is 7.91. The van der Waals surface area contributed by atoms with Crippen molar-refractivity contribution in [1.29, 1.82) is 0 Å². The summed E-state index contributed by atoms with van der Waals surface area (Å²) in [5.74, 6) is -2.40. The van der Waals surface area contributed by atoms with Gasteiger partial charge in [-0.25, -0.2) is 13.1 Å². The van der Waals surface area contributed by atoms with Crippen LogP contribution in [0.3, 0.4) is 0 Å². The zero-order valence-electron chi connectivity index (χ0n) is 20.5. The van der Waals surface area contributed by atoms with Gasteiger partial charge in [-0.15, -0.1) is 15.7 Å². The lowest BCUT2D eigenvalue weighted by Gasteiger charge is -2.45. The molecule has 1 aromatic heterocycles. The molecule has 1 aromatic rings. The van der Waals surface area contributed by atoms with Gasteiger partial charge in [-0.05, 0) is 35.5 Å². The lowest BCUT2D eigenvalue weighted by molar-refractivity contribution is -0.151. The lowest BCUT2D eigenvalue weighted by Crippen LogP contribution is -2.61. The standard InChI is InChI=1S/C23H30N4O6S3/c1-23(2,3)7-8-27-17-13-6-5-12(9-13)15(17)18(28)16(22(27)29)20-25-21-19(36(32,33)26-20)14(11-34-21)10-24-35(4,30)31/h5-6,11-13,15-17,24H,7-10H2,1-4H3,(H,25,26). The average molecular weight is 555 g/mol. The number of sulfonamides is 2. The number of hydrogen-bond donors (Lipinski definition) is 2. The predicted molar refractivity (Wildman–Crippen MR) is 137 cm³/mol. The van der Waals surface area contributed by atoms with Crippen molar-refractivity contribution in [2.75, 3.05) is 18.1 Å². The second kappa shape index (κ2) is 8.47. The van der Waals surface area contributed by atoms with Crippen LogP contribution >= 0.6 is 11.3 Å². The Kier molecular flexibility index (Phi) is 6.01. The molecule has 5 atom stereocenters. The number of allylic oxidation sites excluding steroid dienone is 1. The number of rotatable bonds is 6. The fraction of sp³-hybridized carbons (Fsp3) is 0.609. The lowest BCUT2D eigenvalue weighted by atomic mass is 9.75. The number of Topliss-reactive ketones (excluding diaryl/α,β-unsaturated/α-hetero) is 1. The molecule has 1 saturated heterocycles. The van der Waals surface area contributed by atoms with Crippen LogP contribution in [0.2, 0.25) is 0 Å². The Balaban J connectivity index is 1.49. The molecule has 10 nitrogen and oxygen atoms in total. The van der Waals surface area contributed by atoms with Crippen molar-refractivity contribution in [3.05, 3.63) is 23.1 Å². The number of likely N-dealkylation sites (tertiary alicyclic amines) is 1. The summed E-state index contributed by atoms with van der Waals surface area (Å²) in [4.78, 5) is 29.2. The number of nitrogens with zero attached hydrogens (tertiary/aromatic N) is 2. The number of carbonyl (C=O) groups is 2. The van der Waals surface area contributed by atoms with Crippen molar-refractivity contribution in [2.45, 2.75) is 51.1 Å². The molecule has 5 unspecified atom stereocenters. The molecule has 1 saturated carbocycles. The van der Waals surface area contributed by atoms with Gasteiger partial charge >= 0.3 is 0 Å². The van der Waals surface area contributed by atoms with Gasteiger partial charge in [-0.3, -0.25) is 9.59 Å². The third-order valence-electron chi connectivity index (χ3n) is 7.36. The highest BCUT2D eigenvalue weighted by atomic mass is 32.2. The Morgan fingerprint density at radius 2 is 1.92 bits per heavy atom. The first-order valence-electron chi connectivity index (χ1n) is 11.9. The number of fused-ring (bicyclic) bond motifs is 6. The van der Waals surface area contributed by atoms with Crippen molar-refractivity contribution in [2.24, 2.45) is 33.5 Å². The summed E-state index contributed by atoms with van der Waals surface area (Å²) in [5.41, 5.74) is 0.231. The van der Waals surface area contributed by atoms with E-state index in [2.05, 4.69) is 41.3 Å². The largest absolute Gasteiger partial charge is 0.337 e. The van der Waals surface area contributed by atoms with Gasteiger partial charge in [-0.2, -0.15) is 8.42 Å². The topological polar surface area (TPSA) is 142 Å². The first-order chi connectivity index (χ1) is 16.7. The Bertz CT molecular complexity index is 1400. The third kappa shape index (κ3) is 4.44. The number of ketones is 1. The summed E-state index contributed by atoms with van der Waals surface area (Å²) in [6.07, 6.45) is 6.69. The molecular formula is C23H30N4O6S3. The van der Waals surface area contributed by atoms with Crippen molar-refractivity contribution < 1.29 is 26.4 Å². The second-order valence-corrected chi connectivity index (χ2v) is 15.5. The summed E-state index contributed by atoms with van der Waals surface area (Å²) in [7, 11) is -7.80. The number of amides is 1. The molecule has 2 aliphatic carbocycles. The third-order valence-corrected chi connectivity index (χ3v) is 10.5. The number of hydrogen-bond acceptors (Lipinski definition) is 8. The SMILES string of the molecule is CC(C)(C)CCN1C(=O)C(C2=NS(=O)(=O)c3c(CNS(C)(=O)=O)csc3N2)C(=O)C2C3C=CC(C3)C21. The van der Waals surface area contributed by atoms with Gasteiger partial charge in [0.05, 0.1) is 6.26 Å². The minimum absolute atomic E-state index is 0.0214. The Labute approximate surface area is 215 Å². The Morgan fingerprint density at radius 3 is 2.58 bits per heavy atom. The van der Waals surface area contributed by atoms with Crippen molar-refractivity contribution in [3.8, 4) is 0 Å². The van der Waals surface area contributed by atoms with Gasteiger partial charge in [0.2, 0.25) is 15.9 Å². The molecule has 2 aliphatic heterocycles. The van der Waals surface area contributed by atoms with E-state index in [4.69, 9.17) is 0 Å². The van der Waals surface area contributed by atoms with Crippen molar-refractivity contribution >= 4 is 53.9 Å². The van der Waals surface area contributed by atoms with Gasteiger partial charge in [0.15, 0.2) is 11.7 Å². The number of anilines is 1. The van der Waals surface area contributed by atoms with Crippen LogP contribution < -0.4 is 10.0 Å². The van der Waals surface area contributed by atoms with Crippen LogP contribution in [0.4, 0.5) is 5.00 Å². The first-order valence-corrected chi connectivity index (χ1v) is 16.1. The maximum absolute atomic E-state index is 13.8. The highest BCUT2D eigenvalue weighted by Crippen LogP contribution is 2.51. The van der Waals surface area contributed by atoms with Crippen molar-refractivity contribution in [1.82, 2.24) is 9.62 Å². The van der Waals surface area contributed by atoms with E-state index in [1.807, 2.05) is 6.08 Å². The van der Waals surface area contributed by atoms with Crippen LogP contribution in [0.25, 0.3) is 0 Å². The van der Waals surface area contributed by atoms with Crippen molar-refractivity contribution in [3.63, 3.8) is 0 Å². The summed E-state index contributed by atoms with van der Waals surface area (Å²) >= 11 is 1.07. The fourth-order valence-electron chi connectivity index (χ4n) is 5.72. The number of amidine groups is 1. The normalized spacial score (nSPS) is 30.7. The monoisotopic (exact) mass is 554 g/mol. The number of nitrogens with one attached hydrogen (secondary N) is 2. The van der Waals surface area contributed by atoms with Gasteiger partial charge in [-0.1, -0.05) is 32.9 Å². The van der Waals surface area contributed by atoms with Gasteiger partial charge in [0, 0.05) is 30.6 Å². The van der Waals surface area contributed by atoms with E-state index in [0.29, 0.717) is 6.54 Å². The van der Waals surface area contributed by atoms with Crippen LogP contribution in [0, 0.1) is 29.1 Å². The maximum atomic E-state index is 13.8. The molecule has 2 fully saturated rings. The van der Waals surface area contributed by atoms with Crippen LogP contribution in [-0.4, -0.2) is 58.1 Å². The van der Waals surface area contributed by atoms with Crippen LogP contribution in [-0.2, 0) is 36.2 Å². The average Bonchev–Trinajstić information content (AvgIpc) is 3.45. The minimum atomic E-state index is -4.26. The quantitative estimate of drug-likeness (QED) is 0.404. The van der Waals surface area contributed by atoms with Gasteiger partial charge in [0.1, 0.15) is 15.7 Å². The number of carbonyl (C=O) groups excluding carboxylic acids is 2. The summed E-state index contributed by atoms with van der Waals surface area (Å²) in [6.45, 7) is 6.55. The van der Waals surface area contributed by atoms with E-state index >= 15 is 0 Å². The van der Waals surface area contributed by atoms with E-state index < -0.39 is 31.9 Å². The van der Waals surface area contributed by atoms with E-state index in [1.54, 1.807) is 4.90 Å². The molecule has 2 N–H and O–H groups in total. The molecule has 0 radical (unpaired) electrons. The molecular weight excluding hydrogens is 524 g/mol. The van der Waals surface area contributed by atoms with E-state index in [0.717, 1.165) is 30.4 Å². The fourth-order valence-corrected chi connectivity index (χ4v) is 8.78. The first kappa shape index (κ1) is 25.6. The van der Waals surface area contributed by atoms with Crippen LogP contribution in [0.5, 0.6) is 0 Å². The minimum Gasteiger partial charge on any atom is -0.337 e. The van der Waals surface area contributed by atoms with E-state index in [1.165, 1.54) is 5.38 Å². The summed E-state index contributed by atoms with van der Waals surface area (Å²) < 4.78 is 55.6. The highest BCUT2D eigenvalue weighted by Gasteiger charge is 2.59. The molecule has 3 heterocycles. The summed E-state index contributed by atoms with van der Waals surface area (Å²) in [5, 5.41) is 4.70. The molecule has 0 aromatic carbocycles. The maximum Gasteiger partial charge on any atom is 0.287 e. The molecule has 4 aliphatic rings. The predicted octanol–water partition coefficient (Wildman–Crippen LogP) is 1.96. The van der Waals surface area contributed by atoms with Crippen LogP contribution in [0.15, 0.2) is 26.8 Å². The van der Waals surface area contributed by atoms with Crippen LogP contribution in [0.1, 0.15) is 39.2 Å². The second-order valence-electron chi connectivity index (χ2n) is 11.2. The smallest absolute Gasteiger partial charge is 0.287 e. The molecule has 2 bridgehead atoms. The molecule has 36 heavy (non-hydrogen) atoms. The number of piperidine rings is 1. The molecule has 1 amide bonds. The molecule has 196 valence electrons. The number of thiophene rings is 1. The van der Waals surface area contributed by atoms with E-state index in [-0.39, 0.29) is 62.8 Å². The molecule has 0 spiro atoms.